The van der Waals surface area contributed by atoms with Crippen LogP contribution in [-0.2, 0) is 17.8 Å². The van der Waals surface area contributed by atoms with Crippen LogP contribution in [0.4, 0.5) is 6.01 Å². The second-order valence-electron chi connectivity index (χ2n) is 8.69. The molecule has 0 amide bonds. The number of carboxylic acids is 1. The van der Waals surface area contributed by atoms with Crippen molar-refractivity contribution < 1.29 is 23.8 Å². The molecule has 0 aliphatic heterocycles. The Morgan fingerprint density at radius 3 is 2.53 bits per heavy atom. The molecule has 0 aliphatic carbocycles. The van der Waals surface area contributed by atoms with Crippen LogP contribution in [0.15, 0.2) is 77.2 Å². The van der Waals surface area contributed by atoms with Crippen LogP contribution < -0.4 is 14.4 Å². The number of rotatable bonds is 13. The second-order valence-corrected chi connectivity index (χ2v) is 8.69. The molecule has 0 unspecified atom stereocenters. The largest absolute Gasteiger partial charge is 0.497 e. The van der Waals surface area contributed by atoms with Gasteiger partial charge < -0.3 is 23.9 Å². The minimum Gasteiger partial charge on any atom is -0.497 e. The lowest BCUT2D eigenvalue weighted by atomic mass is 10.1. The summed E-state index contributed by atoms with van der Waals surface area (Å²) in [6, 6.07) is 24.0. The van der Waals surface area contributed by atoms with Crippen molar-refractivity contribution in [3.05, 3.63) is 83.9 Å². The maximum absolute atomic E-state index is 11.4. The number of para-hydroxylation sites is 2. The summed E-state index contributed by atoms with van der Waals surface area (Å²) in [5.41, 5.74) is 3.84. The number of fused-ring (bicyclic) bond motifs is 1. The Hall–Kier alpha value is -4.00. The highest BCUT2D eigenvalue weighted by atomic mass is 16.5. The zero-order valence-electron chi connectivity index (χ0n) is 20.7. The van der Waals surface area contributed by atoms with Gasteiger partial charge in [0.25, 0.3) is 6.01 Å². The average molecular weight is 489 g/mol. The van der Waals surface area contributed by atoms with Crippen LogP contribution in [0, 0.1) is 0 Å². The number of aryl methyl sites for hydroxylation is 1. The van der Waals surface area contributed by atoms with E-state index in [1.165, 1.54) is 5.56 Å². The lowest BCUT2D eigenvalue weighted by molar-refractivity contribution is -0.145. The van der Waals surface area contributed by atoms with E-state index in [1.807, 2.05) is 54.6 Å². The molecule has 0 radical (unpaired) electrons. The molecular weight excluding hydrogens is 456 g/mol. The molecule has 0 bridgehead atoms. The molecule has 1 aromatic heterocycles. The molecule has 188 valence electrons. The van der Waals surface area contributed by atoms with Gasteiger partial charge in [0, 0.05) is 13.1 Å². The Bertz CT molecular complexity index is 1240. The fourth-order valence-electron chi connectivity index (χ4n) is 4.07. The van der Waals surface area contributed by atoms with Crippen LogP contribution in [0.3, 0.4) is 0 Å². The number of nitrogens with zero attached hydrogens (tertiary/aromatic N) is 2. The number of ether oxygens (including phenoxy) is 2. The Kier molecular flexibility index (Phi) is 8.44. The molecule has 7 nitrogen and oxygen atoms in total. The minimum absolute atomic E-state index is 0.392. The van der Waals surface area contributed by atoms with E-state index in [0.717, 1.165) is 48.2 Å². The number of oxazole rings is 1. The van der Waals surface area contributed by atoms with Crippen molar-refractivity contribution in [2.24, 2.45) is 0 Å². The van der Waals surface area contributed by atoms with Crippen LogP contribution >= 0.6 is 0 Å². The summed E-state index contributed by atoms with van der Waals surface area (Å²) in [6.45, 7) is 3.13. The van der Waals surface area contributed by atoms with Gasteiger partial charge >= 0.3 is 5.97 Å². The normalized spacial score (nSPS) is 11.8. The third kappa shape index (κ3) is 6.56. The molecule has 0 fully saturated rings. The van der Waals surface area contributed by atoms with Gasteiger partial charge in [-0.15, -0.1) is 0 Å². The first-order valence-electron chi connectivity index (χ1n) is 12.3. The number of aromatic nitrogens is 1. The Labute approximate surface area is 211 Å². The highest BCUT2D eigenvalue weighted by Gasteiger charge is 2.18. The fourth-order valence-corrected chi connectivity index (χ4v) is 4.07. The van der Waals surface area contributed by atoms with Crippen LogP contribution in [-0.4, -0.2) is 35.8 Å². The lowest BCUT2D eigenvalue weighted by Crippen LogP contribution is -2.26. The Morgan fingerprint density at radius 2 is 1.81 bits per heavy atom. The Morgan fingerprint density at radius 1 is 1.00 bits per heavy atom. The summed E-state index contributed by atoms with van der Waals surface area (Å²) in [5, 5.41) is 9.34. The summed E-state index contributed by atoms with van der Waals surface area (Å²) in [7, 11) is 1.67. The summed E-state index contributed by atoms with van der Waals surface area (Å²) < 4.78 is 17.0. The summed E-state index contributed by atoms with van der Waals surface area (Å²) >= 11 is 0. The molecule has 0 spiro atoms. The first-order valence-corrected chi connectivity index (χ1v) is 12.3. The van der Waals surface area contributed by atoms with Crippen molar-refractivity contribution in [2.75, 3.05) is 18.6 Å². The molecular formula is C29H32N2O5. The Balaban J connectivity index is 1.46. The van der Waals surface area contributed by atoms with Gasteiger partial charge in [0.1, 0.15) is 17.0 Å². The SMILES string of the molecule is CC[C@@H](Oc1cccc(CN(CCCCc2ccc(OC)cc2)c2nc3ccccc3o2)c1)C(=O)O. The number of unbranched alkanes of at least 4 members (excludes halogenated alkanes) is 1. The van der Waals surface area contributed by atoms with Crippen molar-refractivity contribution in [1.29, 1.82) is 0 Å². The van der Waals surface area contributed by atoms with E-state index >= 15 is 0 Å². The quantitative estimate of drug-likeness (QED) is 0.227. The topological polar surface area (TPSA) is 85.0 Å². The van der Waals surface area contributed by atoms with Gasteiger partial charge in [-0.05, 0) is 73.2 Å². The minimum atomic E-state index is -0.965. The molecule has 4 aromatic rings. The van der Waals surface area contributed by atoms with Gasteiger partial charge in [-0.3, -0.25) is 0 Å². The first-order chi connectivity index (χ1) is 17.6. The summed E-state index contributed by atoms with van der Waals surface area (Å²) in [6.07, 6.45) is 2.47. The van der Waals surface area contributed by atoms with Crippen molar-refractivity contribution >= 4 is 23.1 Å². The van der Waals surface area contributed by atoms with E-state index in [-0.39, 0.29) is 0 Å². The van der Waals surface area contributed by atoms with Gasteiger partial charge in [0.2, 0.25) is 0 Å². The van der Waals surface area contributed by atoms with Crippen LogP contribution in [0.25, 0.3) is 11.1 Å². The number of benzene rings is 3. The van der Waals surface area contributed by atoms with Crippen LogP contribution in [0.2, 0.25) is 0 Å². The van der Waals surface area contributed by atoms with Crippen molar-refractivity contribution in [1.82, 2.24) is 4.98 Å². The zero-order valence-corrected chi connectivity index (χ0v) is 20.7. The van der Waals surface area contributed by atoms with E-state index in [0.29, 0.717) is 24.7 Å². The van der Waals surface area contributed by atoms with Gasteiger partial charge in [-0.25, -0.2) is 4.79 Å². The summed E-state index contributed by atoms with van der Waals surface area (Å²) in [4.78, 5) is 18.2. The lowest BCUT2D eigenvalue weighted by Gasteiger charge is -2.21. The van der Waals surface area contributed by atoms with Crippen molar-refractivity contribution in [2.45, 2.75) is 45.3 Å². The maximum Gasteiger partial charge on any atom is 0.344 e. The van der Waals surface area contributed by atoms with Crippen molar-refractivity contribution in [3.63, 3.8) is 0 Å². The van der Waals surface area contributed by atoms with Gasteiger partial charge in [-0.2, -0.15) is 4.98 Å². The molecule has 4 rings (SSSR count). The number of carbonyl (C=O) groups is 1. The molecule has 0 aliphatic rings. The average Bonchev–Trinajstić information content (AvgIpc) is 3.34. The van der Waals surface area contributed by atoms with Gasteiger partial charge in [-0.1, -0.05) is 43.3 Å². The molecule has 0 saturated heterocycles. The predicted molar refractivity (Wildman–Crippen MR) is 140 cm³/mol. The van der Waals surface area contributed by atoms with E-state index < -0.39 is 12.1 Å². The van der Waals surface area contributed by atoms with E-state index in [9.17, 15) is 9.90 Å². The maximum atomic E-state index is 11.4. The number of carboxylic acid groups (broad SMARTS) is 1. The molecule has 36 heavy (non-hydrogen) atoms. The number of hydrogen-bond donors (Lipinski definition) is 1. The van der Waals surface area contributed by atoms with E-state index in [4.69, 9.17) is 18.9 Å². The number of aliphatic carboxylic acids is 1. The molecule has 1 N–H and O–H groups in total. The molecule has 7 heteroatoms. The molecule has 1 heterocycles. The van der Waals surface area contributed by atoms with E-state index in [1.54, 1.807) is 20.1 Å². The second kappa shape index (κ2) is 12.1. The number of hydrogen-bond acceptors (Lipinski definition) is 6. The highest BCUT2D eigenvalue weighted by Crippen LogP contribution is 2.25. The third-order valence-electron chi connectivity index (χ3n) is 6.05. The van der Waals surface area contributed by atoms with Gasteiger partial charge in [0.15, 0.2) is 11.7 Å². The molecule has 3 aromatic carbocycles. The monoisotopic (exact) mass is 488 g/mol. The summed E-state index contributed by atoms with van der Waals surface area (Å²) in [5.74, 6) is 0.437. The highest BCUT2D eigenvalue weighted by molar-refractivity contribution is 5.74. The standard InChI is InChI=1S/C29H32N2O5/c1-3-26(28(32)33)35-24-11-8-10-22(19-24)20-31(29-30-25-12-4-5-13-27(25)36-29)18-7-6-9-21-14-16-23(34-2)17-15-21/h4-5,8,10-17,19,26H,3,6-7,9,18,20H2,1-2H3,(H,32,33)/t26-/m1/s1. The van der Waals surface area contributed by atoms with Crippen LogP contribution in [0.5, 0.6) is 11.5 Å². The smallest absolute Gasteiger partial charge is 0.344 e. The van der Waals surface area contributed by atoms with E-state index in [2.05, 4.69) is 17.0 Å². The zero-order chi connectivity index (χ0) is 25.3. The predicted octanol–water partition coefficient (Wildman–Crippen LogP) is 6.11. The van der Waals surface area contributed by atoms with Crippen LogP contribution in [0.1, 0.15) is 37.3 Å². The molecule has 0 saturated carbocycles. The fraction of sp³-hybridized carbons (Fsp3) is 0.310. The number of anilines is 1. The van der Waals surface area contributed by atoms with Gasteiger partial charge in [0.05, 0.1) is 7.11 Å². The number of methoxy groups -OCH3 is 1. The molecule has 1 atom stereocenters. The first kappa shape index (κ1) is 25.1. The van der Waals surface area contributed by atoms with Crippen molar-refractivity contribution in [3.8, 4) is 11.5 Å². The third-order valence-corrected chi connectivity index (χ3v) is 6.05.